The second-order valence-electron chi connectivity index (χ2n) is 2.67. The fraction of sp³-hybridized carbons (Fsp3) is 0.333. The molecule has 0 heterocycles. The molecule has 0 saturated heterocycles. The molecular weight excluding hydrogens is 138 g/mol. The summed E-state index contributed by atoms with van der Waals surface area (Å²) in [7, 11) is 0. The summed E-state index contributed by atoms with van der Waals surface area (Å²) < 4.78 is 0. The maximum Gasteiger partial charge on any atom is 0.119 e. The first-order valence-electron chi connectivity index (χ1n) is 3.72. The van der Waals surface area contributed by atoms with E-state index >= 15 is 0 Å². The molecule has 1 aromatic rings. The predicted molar refractivity (Wildman–Crippen MR) is 45.6 cm³/mol. The van der Waals surface area contributed by atoms with Crippen LogP contribution in [0.15, 0.2) is 18.2 Å². The topological polar surface area (TPSA) is 46.2 Å². The highest BCUT2D eigenvalue weighted by molar-refractivity contribution is 5.35. The number of benzene rings is 1. The molecule has 0 radical (unpaired) electrons. The van der Waals surface area contributed by atoms with E-state index in [0.29, 0.717) is 12.3 Å². The summed E-state index contributed by atoms with van der Waals surface area (Å²) in [6.07, 6.45) is 0.742. The molecule has 0 amide bonds. The van der Waals surface area contributed by atoms with Gasteiger partial charge in [-0.15, -0.1) is 0 Å². The highest BCUT2D eigenvalue weighted by Crippen LogP contribution is 2.18. The number of aryl methyl sites for hydroxylation is 1. The summed E-state index contributed by atoms with van der Waals surface area (Å²) >= 11 is 0. The summed E-state index contributed by atoms with van der Waals surface area (Å²) in [6.45, 7) is 2.53. The van der Waals surface area contributed by atoms with Crippen LogP contribution < -0.4 is 5.73 Å². The molecule has 0 spiro atoms. The van der Waals surface area contributed by atoms with Gasteiger partial charge in [0.1, 0.15) is 5.75 Å². The number of hydrogen-bond acceptors (Lipinski definition) is 2. The van der Waals surface area contributed by atoms with Crippen LogP contribution in [0.1, 0.15) is 11.1 Å². The van der Waals surface area contributed by atoms with Crippen LogP contribution in [0, 0.1) is 6.92 Å². The van der Waals surface area contributed by atoms with E-state index < -0.39 is 0 Å². The van der Waals surface area contributed by atoms with E-state index in [9.17, 15) is 5.11 Å². The standard InChI is InChI=1S/C9H13NO/c1-7-2-3-8(4-5-10)9(11)6-7/h2-3,6,11H,4-5,10H2,1H3. The Morgan fingerprint density at radius 2 is 2.18 bits per heavy atom. The lowest BCUT2D eigenvalue weighted by atomic mass is 10.1. The highest BCUT2D eigenvalue weighted by Gasteiger charge is 1.98. The van der Waals surface area contributed by atoms with Gasteiger partial charge in [0.05, 0.1) is 0 Å². The normalized spacial score (nSPS) is 10.0. The molecule has 0 aliphatic carbocycles. The van der Waals surface area contributed by atoms with Crippen molar-refractivity contribution >= 4 is 0 Å². The Hall–Kier alpha value is -1.02. The number of hydrogen-bond donors (Lipinski definition) is 2. The van der Waals surface area contributed by atoms with Gasteiger partial charge in [-0.2, -0.15) is 0 Å². The quantitative estimate of drug-likeness (QED) is 0.667. The van der Waals surface area contributed by atoms with Gasteiger partial charge >= 0.3 is 0 Å². The van der Waals surface area contributed by atoms with Crippen molar-refractivity contribution in [1.82, 2.24) is 0 Å². The minimum Gasteiger partial charge on any atom is -0.508 e. The minimum absolute atomic E-state index is 0.357. The summed E-state index contributed by atoms with van der Waals surface area (Å²) in [4.78, 5) is 0. The molecule has 0 unspecified atom stereocenters. The van der Waals surface area contributed by atoms with Crippen LogP contribution in [0.4, 0.5) is 0 Å². The average molecular weight is 151 g/mol. The predicted octanol–water partition coefficient (Wildman–Crippen LogP) is 1.20. The van der Waals surface area contributed by atoms with E-state index in [0.717, 1.165) is 17.5 Å². The molecule has 0 aromatic heterocycles. The van der Waals surface area contributed by atoms with E-state index in [1.807, 2.05) is 19.1 Å². The van der Waals surface area contributed by atoms with Gasteiger partial charge in [-0.3, -0.25) is 0 Å². The second-order valence-corrected chi connectivity index (χ2v) is 2.67. The Morgan fingerprint density at radius 1 is 1.45 bits per heavy atom. The van der Waals surface area contributed by atoms with Crippen LogP contribution in [0.3, 0.4) is 0 Å². The Balaban J connectivity index is 2.90. The number of phenols is 1. The summed E-state index contributed by atoms with van der Waals surface area (Å²) in [5.74, 6) is 0.357. The molecule has 0 atom stereocenters. The Morgan fingerprint density at radius 3 is 2.73 bits per heavy atom. The van der Waals surface area contributed by atoms with Gasteiger partial charge in [-0.25, -0.2) is 0 Å². The third-order valence-corrected chi connectivity index (χ3v) is 1.65. The molecular formula is C9H13NO. The number of phenolic OH excluding ortho intramolecular Hbond substituents is 1. The van der Waals surface area contributed by atoms with Crippen LogP contribution in [0.2, 0.25) is 0 Å². The van der Waals surface area contributed by atoms with E-state index in [4.69, 9.17) is 5.73 Å². The van der Waals surface area contributed by atoms with Crippen molar-refractivity contribution in [2.75, 3.05) is 6.54 Å². The molecule has 1 rings (SSSR count). The third-order valence-electron chi connectivity index (χ3n) is 1.65. The molecule has 3 N–H and O–H groups in total. The van der Waals surface area contributed by atoms with Gasteiger partial charge in [0, 0.05) is 0 Å². The largest absolute Gasteiger partial charge is 0.508 e. The van der Waals surface area contributed by atoms with E-state index in [2.05, 4.69) is 0 Å². The third kappa shape index (κ3) is 1.95. The van der Waals surface area contributed by atoms with Crippen molar-refractivity contribution in [3.63, 3.8) is 0 Å². The van der Waals surface area contributed by atoms with Crippen molar-refractivity contribution in [3.05, 3.63) is 29.3 Å². The summed E-state index contributed by atoms with van der Waals surface area (Å²) in [5, 5.41) is 9.37. The van der Waals surface area contributed by atoms with Crippen LogP contribution in [-0.4, -0.2) is 11.7 Å². The molecule has 0 aliphatic rings. The monoisotopic (exact) mass is 151 g/mol. The first-order chi connectivity index (χ1) is 5.24. The lowest BCUT2D eigenvalue weighted by Crippen LogP contribution is -2.02. The van der Waals surface area contributed by atoms with Crippen LogP contribution in [0.25, 0.3) is 0 Å². The summed E-state index contributed by atoms with van der Waals surface area (Å²) in [5.41, 5.74) is 7.36. The van der Waals surface area contributed by atoms with E-state index in [1.54, 1.807) is 6.07 Å². The molecule has 0 fully saturated rings. The van der Waals surface area contributed by atoms with E-state index in [1.165, 1.54) is 0 Å². The highest BCUT2D eigenvalue weighted by atomic mass is 16.3. The van der Waals surface area contributed by atoms with Crippen LogP contribution in [0.5, 0.6) is 5.75 Å². The maximum atomic E-state index is 9.37. The van der Waals surface area contributed by atoms with Crippen molar-refractivity contribution < 1.29 is 5.11 Å². The zero-order chi connectivity index (χ0) is 8.27. The van der Waals surface area contributed by atoms with Gasteiger partial charge in [0.15, 0.2) is 0 Å². The smallest absolute Gasteiger partial charge is 0.119 e. The molecule has 60 valence electrons. The van der Waals surface area contributed by atoms with Gasteiger partial charge in [-0.05, 0) is 37.1 Å². The molecule has 0 bridgehead atoms. The van der Waals surface area contributed by atoms with E-state index in [-0.39, 0.29) is 0 Å². The Labute approximate surface area is 66.7 Å². The molecule has 11 heavy (non-hydrogen) atoms. The second kappa shape index (κ2) is 3.39. The lowest BCUT2D eigenvalue weighted by Gasteiger charge is -2.02. The Bertz CT molecular complexity index is 245. The first kappa shape index (κ1) is 8.08. The zero-order valence-electron chi connectivity index (χ0n) is 6.67. The molecule has 0 saturated carbocycles. The van der Waals surface area contributed by atoms with Crippen molar-refractivity contribution in [3.8, 4) is 5.75 Å². The van der Waals surface area contributed by atoms with Gasteiger partial charge in [-0.1, -0.05) is 12.1 Å². The van der Waals surface area contributed by atoms with Gasteiger partial charge in [0.25, 0.3) is 0 Å². The molecule has 1 aromatic carbocycles. The first-order valence-corrected chi connectivity index (χ1v) is 3.72. The summed E-state index contributed by atoms with van der Waals surface area (Å²) in [6, 6.07) is 5.65. The average Bonchev–Trinajstić information content (AvgIpc) is 1.95. The number of rotatable bonds is 2. The van der Waals surface area contributed by atoms with Gasteiger partial charge in [0.2, 0.25) is 0 Å². The fourth-order valence-corrected chi connectivity index (χ4v) is 1.04. The maximum absolute atomic E-state index is 9.37. The number of nitrogens with two attached hydrogens (primary N) is 1. The zero-order valence-corrected chi connectivity index (χ0v) is 6.67. The van der Waals surface area contributed by atoms with Gasteiger partial charge < -0.3 is 10.8 Å². The van der Waals surface area contributed by atoms with Crippen molar-refractivity contribution in [2.24, 2.45) is 5.73 Å². The molecule has 2 nitrogen and oxygen atoms in total. The molecule has 2 heteroatoms. The number of aromatic hydroxyl groups is 1. The van der Waals surface area contributed by atoms with Crippen LogP contribution >= 0.6 is 0 Å². The Kier molecular flexibility index (Phi) is 2.49. The minimum atomic E-state index is 0.357. The lowest BCUT2D eigenvalue weighted by molar-refractivity contribution is 0.468. The van der Waals surface area contributed by atoms with Crippen molar-refractivity contribution in [2.45, 2.75) is 13.3 Å². The fourth-order valence-electron chi connectivity index (χ4n) is 1.04. The SMILES string of the molecule is Cc1ccc(CCN)c(O)c1. The van der Waals surface area contributed by atoms with Crippen LogP contribution in [-0.2, 0) is 6.42 Å². The molecule has 0 aliphatic heterocycles. The van der Waals surface area contributed by atoms with Crippen molar-refractivity contribution in [1.29, 1.82) is 0 Å².